The largest absolute Gasteiger partial charge is 0.457 e. The first-order valence-electron chi connectivity index (χ1n) is 13.2. The van der Waals surface area contributed by atoms with Crippen molar-refractivity contribution in [3.8, 4) is 17.2 Å². The van der Waals surface area contributed by atoms with E-state index in [-0.39, 0.29) is 11.7 Å². The molecule has 2 aromatic carbocycles. The number of nitrogens with one attached hydrogen (secondary N) is 1. The first-order chi connectivity index (χ1) is 18.2. The molecule has 0 saturated carbocycles. The number of ether oxygens (including phenoxy) is 1. The Morgan fingerprint density at radius 2 is 1.62 bits per heavy atom. The van der Waals surface area contributed by atoms with Crippen LogP contribution in [-0.2, 0) is 0 Å². The standard InChI is InChI=1S/C28H33N7O2/c29-26-25-27(32-19-31-26)35(22-12-16-33(17-13-22)18-20-10-14-30-15-11-20)28(36)34(25)21-6-8-24(9-7-21)37-23-4-2-1-3-5-23/h1-9,19-20,22,30H,10-18H2,(H2,29,31,32). The van der Waals surface area contributed by atoms with Crippen LogP contribution in [0.2, 0.25) is 0 Å². The van der Waals surface area contributed by atoms with E-state index in [1.54, 1.807) is 4.57 Å². The molecule has 2 fully saturated rings. The SMILES string of the molecule is Nc1ncnc2c1n(-c1ccc(Oc3ccccc3)cc1)c(=O)n2C1CCN(CC2CCNCC2)CC1. The summed E-state index contributed by atoms with van der Waals surface area (Å²) < 4.78 is 9.40. The van der Waals surface area contributed by atoms with Crippen LogP contribution in [0.25, 0.3) is 16.9 Å². The highest BCUT2D eigenvalue weighted by atomic mass is 16.5. The van der Waals surface area contributed by atoms with Gasteiger partial charge in [0.15, 0.2) is 11.5 Å². The van der Waals surface area contributed by atoms with Crippen molar-refractivity contribution < 1.29 is 4.74 Å². The van der Waals surface area contributed by atoms with Crippen molar-refractivity contribution in [2.45, 2.75) is 31.7 Å². The molecule has 4 aromatic rings. The maximum atomic E-state index is 13.9. The molecule has 4 heterocycles. The van der Waals surface area contributed by atoms with Gasteiger partial charge in [-0.1, -0.05) is 18.2 Å². The molecule has 0 radical (unpaired) electrons. The number of anilines is 1. The van der Waals surface area contributed by atoms with E-state index in [1.807, 2.05) is 59.2 Å². The average molecular weight is 500 g/mol. The number of aromatic nitrogens is 4. The quantitative estimate of drug-likeness (QED) is 0.418. The Morgan fingerprint density at radius 1 is 0.919 bits per heavy atom. The van der Waals surface area contributed by atoms with Gasteiger partial charge in [-0.25, -0.2) is 14.8 Å². The van der Waals surface area contributed by atoms with Crippen LogP contribution in [0, 0.1) is 5.92 Å². The second-order valence-electron chi connectivity index (χ2n) is 10.1. The van der Waals surface area contributed by atoms with Gasteiger partial charge in [0.25, 0.3) is 0 Å². The number of imidazole rings is 1. The highest BCUT2D eigenvalue weighted by molar-refractivity contribution is 5.84. The zero-order valence-electron chi connectivity index (χ0n) is 20.9. The number of para-hydroxylation sites is 1. The molecular formula is C28H33N7O2. The lowest BCUT2D eigenvalue weighted by Crippen LogP contribution is -2.41. The van der Waals surface area contributed by atoms with Crippen LogP contribution in [0.5, 0.6) is 11.5 Å². The molecule has 192 valence electrons. The van der Waals surface area contributed by atoms with Crippen molar-refractivity contribution in [3.63, 3.8) is 0 Å². The molecule has 2 saturated heterocycles. The van der Waals surface area contributed by atoms with Crippen LogP contribution < -0.4 is 21.5 Å². The van der Waals surface area contributed by atoms with Crippen molar-refractivity contribution >= 4 is 17.0 Å². The number of piperidine rings is 2. The van der Waals surface area contributed by atoms with E-state index < -0.39 is 0 Å². The van der Waals surface area contributed by atoms with Crippen molar-refractivity contribution in [2.24, 2.45) is 5.92 Å². The predicted molar refractivity (Wildman–Crippen MR) is 144 cm³/mol. The molecular weight excluding hydrogens is 466 g/mol. The third-order valence-electron chi connectivity index (χ3n) is 7.65. The summed E-state index contributed by atoms with van der Waals surface area (Å²) in [7, 11) is 0. The summed E-state index contributed by atoms with van der Waals surface area (Å²) in [5, 5.41) is 3.45. The second kappa shape index (κ2) is 10.4. The number of benzene rings is 2. The lowest BCUT2D eigenvalue weighted by Gasteiger charge is -2.35. The highest BCUT2D eigenvalue weighted by Crippen LogP contribution is 2.29. The minimum atomic E-state index is -0.129. The Hall–Kier alpha value is -3.69. The Balaban J connectivity index is 1.26. The molecule has 0 amide bonds. The molecule has 6 rings (SSSR count). The van der Waals surface area contributed by atoms with Gasteiger partial charge < -0.3 is 20.7 Å². The van der Waals surface area contributed by atoms with Crippen molar-refractivity contribution in [3.05, 3.63) is 71.4 Å². The summed E-state index contributed by atoms with van der Waals surface area (Å²) in [5.41, 5.74) is 8.03. The predicted octanol–water partition coefficient (Wildman–Crippen LogP) is 3.59. The van der Waals surface area contributed by atoms with Gasteiger partial charge >= 0.3 is 5.69 Å². The number of hydrogen-bond acceptors (Lipinski definition) is 7. The average Bonchev–Trinajstić information content (AvgIpc) is 3.24. The zero-order valence-corrected chi connectivity index (χ0v) is 20.9. The molecule has 2 aromatic heterocycles. The van der Waals surface area contributed by atoms with E-state index in [4.69, 9.17) is 10.5 Å². The number of fused-ring (bicyclic) bond motifs is 1. The summed E-state index contributed by atoms with van der Waals surface area (Å²) in [4.78, 5) is 25.1. The first kappa shape index (κ1) is 23.7. The summed E-state index contributed by atoms with van der Waals surface area (Å²) in [6, 6.07) is 17.2. The first-order valence-corrected chi connectivity index (χ1v) is 13.2. The summed E-state index contributed by atoms with van der Waals surface area (Å²) in [5.74, 6) is 2.52. The van der Waals surface area contributed by atoms with E-state index in [0.717, 1.165) is 57.2 Å². The van der Waals surface area contributed by atoms with Crippen LogP contribution in [0.4, 0.5) is 5.82 Å². The van der Waals surface area contributed by atoms with Crippen LogP contribution >= 0.6 is 0 Å². The lowest BCUT2D eigenvalue weighted by molar-refractivity contribution is 0.150. The van der Waals surface area contributed by atoms with E-state index >= 15 is 0 Å². The van der Waals surface area contributed by atoms with Gasteiger partial charge in [0, 0.05) is 25.7 Å². The molecule has 0 bridgehead atoms. The summed E-state index contributed by atoms with van der Waals surface area (Å²) in [6.45, 7) is 5.37. The Kier molecular flexibility index (Phi) is 6.63. The van der Waals surface area contributed by atoms with E-state index in [9.17, 15) is 4.79 Å². The third kappa shape index (κ3) is 4.84. The summed E-state index contributed by atoms with van der Waals surface area (Å²) in [6.07, 6.45) is 5.77. The van der Waals surface area contributed by atoms with Gasteiger partial charge in [-0.3, -0.25) is 9.13 Å². The third-order valence-corrected chi connectivity index (χ3v) is 7.65. The fraction of sp³-hybridized carbons (Fsp3) is 0.393. The summed E-state index contributed by atoms with van der Waals surface area (Å²) >= 11 is 0. The number of hydrogen-bond donors (Lipinski definition) is 2. The second-order valence-corrected chi connectivity index (χ2v) is 10.1. The molecule has 2 aliphatic rings. The number of nitrogens with two attached hydrogens (primary N) is 1. The maximum absolute atomic E-state index is 13.9. The number of rotatable bonds is 6. The molecule has 3 N–H and O–H groups in total. The Morgan fingerprint density at radius 3 is 2.35 bits per heavy atom. The fourth-order valence-electron chi connectivity index (χ4n) is 5.71. The van der Waals surface area contributed by atoms with Crippen LogP contribution in [0.1, 0.15) is 31.7 Å². The molecule has 9 heteroatoms. The fourth-order valence-corrected chi connectivity index (χ4v) is 5.71. The van der Waals surface area contributed by atoms with Gasteiger partial charge in [-0.05, 0) is 81.1 Å². The van der Waals surface area contributed by atoms with Crippen LogP contribution in [0.3, 0.4) is 0 Å². The monoisotopic (exact) mass is 499 g/mol. The number of likely N-dealkylation sites (tertiary alicyclic amines) is 1. The number of nitrogens with zero attached hydrogens (tertiary/aromatic N) is 5. The van der Waals surface area contributed by atoms with Crippen LogP contribution in [-0.4, -0.2) is 56.7 Å². The van der Waals surface area contributed by atoms with Crippen molar-refractivity contribution in [2.75, 3.05) is 38.5 Å². The molecule has 0 aliphatic carbocycles. The van der Waals surface area contributed by atoms with Crippen molar-refractivity contribution in [1.29, 1.82) is 0 Å². The van der Waals surface area contributed by atoms with E-state index in [0.29, 0.717) is 28.4 Å². The normalized spacial score (nSPS) is 17.8. The molecule has 2 aliphatic heterocycles. The number of nitrogen functional groups attached to an aromatic ring is 1. The molecule has 9 nitrogen and oxygen atoms in total. The topological polar surface area (TPSA) is 103 Å². The minimum absolute atomic E-state index is 0.0792. The van der Waals surface area contributed by atoms with Gasteiger partial charge in [-0.2, -0.15) is 0 Å². The molecule has 0 atom stereocenters. The zero-order chi connectivity index (χ0) is 25.2. The smallest absolute Gasteiger partial charge is 0.335 e. The molecule has 37 heavy (non-hydrogen) atoms. The molecule has 0 unspecified atom stereocenters. The van der Waals surface area contributed by atoms with Gasteiger partial charge in [-0.15, -0.1) is 0 Å². The van der Waals surface area contributed by atoms with Crippen LogP contribution in [0.15, 0.2) is 65.7 Å². The minimum Gasteiger partial charge on any atom is -0.457 e. The van der Waals surface area contributed by atoms with Gasteiger partial charge in [0.05, 0.1) is 5.69 Å². The lowest BCUT2D eigenvalue weighted by atomic mass is 9.96. The van der Waals surface area contributed by atoms with E-state index in [1.165, 1.54) is 19.2 Å². The van der Waals surface area contributed by atoms with Gasteiger partial charge in [0.2, 0.25) is 0 Å². The Labute approximate surface area is 215 Å². The van der Waals surface area contributed by atoms with Gasteiger partial charge in [0.1, 0.15) is 23.3 Å². The van der Waals surface area contributed by atoms with E-state index in [2.05, 4.69) is 20.2 Å². The maximum Gasteiger partial charge on any atom is 0.335 e. The molecule has 0 spiro atoms. The Bertz CT molecular complexity index is 1400. The van der Waals surface area contributed by atoms with Crippen molar-refractivity contribution in [1.82, 2.24) is 29.3 Å². The highest BCUT2D eigenvalue weighted by Gasteiger charge is 2.28.